The van der Waals surface area contributed by atoms with E-state index in [2.05, 4.69) is 32.9 Å². The molecule has 2 aromatic carbocycles. The van der Waals surface area contributed by atoms with Crippen molar-refractivity contribution in [2.24, 2.45) is 22.7 Å². The Morgan fingerprint density at radius 1 is 0.957 bits per heavy atom. The molecule has 0 saturated carbocycles. The van der Waals surface area contributed by atoms with Crippen molar-refractivity contribution < 1.29 is 34.8 Å². The number of aliphatic hydroxyl groups excluding tert-OH is 2. The maximum Gasteiger partial charge on any atom is 0.209 e. The smallest absolute Gasteiger partial charge is 0.209 e. The number of carbonyl (C=O) groups is 3. The number of Topliss-reactive ketones (excluding diaryl/α,β-unsaturated/α-hetero) is 3. The van der Waals surface area contributed by atoms with E-state index in [4.69, 9.17) is 0 Å². The Hall–Kier alpha value is -3.71. The SMILES string of the molecule is CC(=O)C1=C(O)C(C(C)C)[C@@]2(C)C[C@@]3(C)Cc4c(C(C)C)cc(CCCc5cc(C)c(C)c(C)c5)c(O)c4C(=O)C3=C(O)[C@@]2(O)C1=O. The van der Waals surface area contributed by atoms with Gasteiger partial charge in [-0.3, -0.25) is 14.4 Å². The van der Waals surface area contributed by atoms with E-state index in [-0.39, 0.29) is 47.3 Å². The van der Waals surface area contributed by atoms with Crippen molar-refractivity contribution in [1.82, 2.24) is 0 Å². The van der Waals surface area contributed by atoms with Crippen molar-refractivity contribution in [1.29, 1.82) is 0 Å². The summed E-state index contributed by atoms with van der Waals surface area (Å²) in [5.74, 6) is -4.88. The first-order valence-electron chi connectivity index (χ1n) is 16.9. The highest BCUT2D eigenvalue weighted by molar-refractivity contribution is 6.25. The van der Waals surface area contributed by atoms with Gasteiger partial charge < -0.3 is 20.4 Å². The van der Waals surface area contributed by atoms with Crippen LogP contribution in [0.4, 0.5) is 0 Å². The lowest BCUT2D eigenvalue weighted by molar-refractivity contribution is -0.171. The van der Waals surface area contributed by atoms with Crippen LogP contribution >= 0.6 is 0 Å². The summed E-state index contributed by atoms with van der Waals surface area (Å²) in [7, 11) is 0. The minimum Gasteiger partial charge on any atom is -0.511 e. The number of phenols is 1. The van der Waals surface area contributed by atoms with E-state index in [0.717, 1.165) is 25.3 Å². The van der Waals surface area contributed by atoms with Gasteiger partial charge in [-0.2, -0.15) is 0 Å². The maximum absolute atomic E-state index is 14.6. The molecule has 3 aliphatic carbocycles. The van der Waals surface area contributed by atoms with Gasteiger partial charge in [0, 0.05) is 22.3 Å². The summed E-state index contributed by atoms with van der Waals surface area (Å²) in [5, 5.41) is 47.4. The molecular weight excluding hydrogens is 592 g/mol. The van der Waals surface area contributed by atoms with Gasteiger partial charge in [0.1, 0.15) is 22.8 Å². The molecule has 0 heterocycles. The van der Waals surface area contributed by atoms with Crippen LogP contribution in [0.25, 0.3) is 0 Å². The summed E-state index contributed by atoms with van der Waals surface area (Å²) in [6, 6.07) is 6.39. The first kappa shape index (κ1) is 34.6. The van der Waals surface area contributed by atoms with E-state index < -0.39 is 51.0 Å². The average Bonchev–Trinajstić information content (AvgIpc) is 2.94. The number of fused-ring (bicyclic) bond motifs is 3. The summed E-state index contributed by atoms with van der Waals surface area (Å²) in [4.78, 5) is 41.2. The van der Waals surface area contributed by atoms with Gasteiger partial charge in [0.15, 0.2) is 17.2 Å². The fourth-order valence-corrected chi connectivity index (χ4v) is 9.34. The molecule has 0 fully saturated rings. The maximum atomic E-state index is 14.6. The zero-order valence-electron chi connectivity index (χ0n) is 29.5. The lowest BCUT2D eigenvalue weighted by Crippen LogP contribution is -2.67. The first-order valence-corrected chi connectivity index (χ1v) is 16.9. The molecule has 47 heavy (non-hydrogen) atoms. The van der Waals surface area contributed by atoms with Crippen molar-refractivity contribution in [3.8, 4) is 5.75 Å². The molecule has 5 rings (SSSR count). The molecule has 4 atom stereocenters. The minimum atomic E-state index is -2.62. The average molecular weight is 643 g/mol. The molecule has 252 valence electrons. The molecule has 0 saturated heterocycles. The molecule has 0 bridgehead atoms. The predicted molar refractivity (Wildman–Crippen MR) is 182 cm³/mol. The Morgan fingerprint density at radius 2 is 1.55 bits per heavy atom. The predicted octanol–water partition coefficient (Wildman–Crippen LogP) is 7.57. The second-order valence-electron chi connectivity index (χ2n) is 15.7. The number of carbonyl (C=O) groups excluding carboxylic acids is 3. The third-order valence-corrected chi connectivity index (χ3v) is 11.6. The Bertz CT molecular complexity index is 1770. The number of phenolic OH excluding ortho intramolecular Hbond substituents is 1. The second-order valence-corrected chi connectivity index (χ2v) is 15.7. The summed E-state index contributed by atoms with van der Waals surface area (Å²) >= 11 is 0. The molecule has 0 aliphatic heterocycles. The van der Waals surface area contributed by atoms with Gasteiger partial charge in [-0.1, -0.05) is 59.7 Å². The van der Waals surface area contributed by atoms with Gasteiger partial charge in [0.2, 0.25) is 5.78 Å². The molecule has 2 aromatic rings. The van der Waals surface area contributed by atoms with Gasteiger partial charge in [0.25, 0.3) is 0 Å². The van der Waals surface area contributed by atoms with E-state index in [1.807, 2.05) is 40.7 Å². The van der Waals surface area contributed by atoms with Crippen LogP contribution in [-0.4, -0.2) is 43.4 Å². The number of aryl methyl sites for hydroxylation is 4. The summed E-state index contributed by atoms with van der Waals surface area (Å²) in [6.07, 6.45) is 2.45. The third kappa shape index (κ3) is 4.91. The van der Waals surface area contributed by atoms with Gasteiger partial charge in [-0.25, -0.2) is 0 Å². The first-order chi connectivity index (χ1) is 21.7. The number of benzene rings is 2. The normalized spacial score (nSPS) is 27.4. The van der Waals surface area contributed by atoms with Crippen molar-refractivity contribution in [2.45, 2.75) is 113 Å². The standard InChI is InChI=1S/C40H50O7/c1-19(2)27-16-26(13-11-12-25-14-21(5)23(7)22(6)15-25)33(42)30-28(27)17-38(9)18-39(10)31(20(3)4)34(43)29(24(8)41)36(45)40(39,47)37(46)32(38)35(30)44/h14-16,19-20,31,42-43,46-47H,11-13,17-18H2,1-10H3/t31?,38-,39-,40+/m1/s1. The van der Waals surface area contributed by atoms with E-state index >= 15 is 0 Å². The van der Waals surface area contributed by atoms with E-state index in [1.165, 1.54) is 22.3 Å². The van der Waals surface area contributed by atoms with Gasteiger partial charge in [-0.15, -0.1) is 0 Å². The monoisotopic (exact) mass is 642 g/mol. The Kier molecular flexibility index (Phi) is 8.45. The number of aromatic hydroxyl groups is 1. The van der Waals surface area contributed by atoms with Crippen LogP contribution in [-0.2, 0) is 28.9 Å². The number of allylic oxidation sites excluding steroid dienone is 2. The van der Waals surface area contributed by atoms with Crippen LogP contribution in [0.3, 0.4) is 0 Å². The van der Waals surface area contributed by atoms with Gasteiger partial charge in [0.05, 0.1) is 5.56 Å². The topological polar surface area (TPSA) is 132 Å². The second kappa shape index (κ2) is 11.5. The van der Waals surface area contributed by atoms with Crippen LogP contribution < -0.4 is 0 Å². The van der Waals surface area contributed by atoms with E-state index in [9.17, 15) is 34.8 Å². The number of hydrogen-bond donors (Lipinski definition) is 4. The Balaban J connectivity index is 1.65. The van der Waals surface area contributed by atoms with E-state index in [1.54, 1.807) is 6.92 Å². The number of ketones is 3. The zero-order chi connectivity index (χ0) is 35.1. The van der Waals surface area contributed by atoms with Crippen LogP contribution in [0.15, 0.2) is 40.9 Å². The fraction of sp³-hybridized carbons (Fsp3) is 0.525. The summed E-state index contributed by atoms with van der Waals surface area (Å²) < 4.78 is 0. The third-order valence-electron chi connectivity index (χ3n) is 11.6. The molecule has 0 amide bonds. The summed E-state index contributed by atoms with van der Waals surface area (Å²) in [6.45, 7) is 18.7. The van der Waals surface area contributed by atoms with Crippen LogP contribution in [0, 0.1) is 43.4 Å². The molecule has 1 unspecified atom stereocenters. The highest BCUT2D eigenvalue weighted by Crippen LogP contribution is 2.65. The molecule has 0 spiro atoms. The van der Waals surface area contributed by atoms with Crippen LogP contribution in [0.1, 0.15) is 117 Å². The van der Waals surface area contributed by atoms with E-state index in [0.29, 0.717) is 17.5 Å². The number of hydrogen-bond acceptors (Lipinski definition) is 7. The molecule has 7 heteroatoms. The van der Waals surface area contributed by atoms with Crippen molar-refractivity contribution in [2.75, 3.05) is 0 Å². The lowest BCUT2D eigenvalue weighted by Gasteiger charge is -2.59. The highest BCUT2D eigenvalue weighted by Gasteiger charge is 2.71. The number of rotatable bonds is 7. The highest BCUT2D eigenvalue weighted by atomic mass is 16.3. The Morgan fingerprint density at radius 3 is 2.09 bits per heavy atom. The largest absolute Gasteiger partial charge is 0.511 e. The Labute approximate surface area is 278 Å². The molecular formula is C40H50O7. The van der Waals surface area contributed by atoms with Crippen LogP contribution in [0.2, 0.25) is 0 Å². The molecule has 0 aromatic heterocycles. The molecule has 0 radical (unpaired) electrons. The quantitative estimate of drug-likeness (QED) is 0.229. The fourth-order valence-electron chi connectivity index (χ4n) is 9.34. The van der Waals surface area contributed by atoms with Gasteiger partial charge in [-0.05, 0) is 111 Å². The molecule has 7 nitrogen and oxygen atoms in total. The van der Waals surface area contributed by atoms with Crippen molar-refractivity contribution >= 4 is 17.3 Å². The molecule has 3 aliphatic rings. The zero-order valence-corrected chi connectivity index (χ0v) is 29.5. The lowest BCUT2D eigenvalue weighted by atomic mass is 9.44. The minimum absolute atomic E-state index is 0.0295. The van der Waals surface area contributed by atoms with Gasteiger partial charge >= 0.3 is 0 Å². The summed E-state index contributed by atoms with van der Waals surface area (Å²) in [5.41, 5.74) is 1.62. The van der Waals surface area contributed by atoms with Crippen molar-refractivity contribution in [3.63, 3.8) is 0 Å². The molecule has 4 N–H and O–H groups in total. The van der Waals surface area contributed by atoms with Crippen molar-refractivity contribution in [3.05, 3.63) is 85.4 Å². The van der Waals surface area contributed by atoms with Crippen LogP contribution in [0.5, 0.6) is 5.75 Å². The number of aliphatic hydroxyl groups is 3.